The molecule has 3 aromatic rings. The van der Waals surface area contributed by atoms with Gasteiger partial charge in [-0.1, -0.05) is 49.2 Å². The van der Waals surface area contributed by atoms with Gasteiger partial charge in [-0.05, 0) is 30.7 Å². The summed E-state index contributed by atoms with van der Waals surface area (Å²) in [5, 5.41) is 3.59. The largest absolute Gasteiger partial charge is 0.384 e. The molecule has 0 aliphatic carbocycles. The molecule has 0 saturated carbocycles. The second-order valence-electron chi connectivity index (χ2n) is 6.75. The Kier molecular flexibility index (Phi) is 6.79. The molecular weight excluding hydrogens is 424 g/mol. The van der Waals surface area contributed by atoms with Gasteiger partial charge in [-0.15, -0.1) is 0 Å². The number of amides is 1. The van der Waals surface area contributed by atoms with Gasteiger partial charge in [-0.2, -0.15) is 0 Å². The van der Waals surface area contributed by atoms with Crippen LogP contribution in [0.3, 0.4) is 0 Å². The predicted molar refractivity (Wildman–Crippen MR) is 118 cm³/mol. The maximum absolute atomic E-state index is 12.9. The summed E-state index contributed by atoms with van der Waals surface area (Å²) in [7, 11) is -2.38. The van der Waals surface area contributed by atoms with Gasteiger partial charge in [0.05, 0.1) is 10.7 Å². The van der Waals surface area contributed by atoms with Crippen molar-refractivity contribution >= 4 is 33.2 Å². The van der Waals surface area contributed by atoms with E-state index in [4.69, 9.17) is 11.6 Å². The van der Waals surface area contributed by atoms with Crippen molar-refractivity contribution in [3.63, 3.8) is 0 Å². The van der Waals surface area contributed by atoms with E-state index in [1.165, 1.54) is 12.3 Å². The monoisotopic (exact) mass is 446 g/mol. The molecule has 2 aromatic carbocycles. The highest BCUT2D eigenvalue weighted by Crippen LogP contribution is 2.27. The van der Waals surface area contributed by atoms with Gasteiger partial charge < -0.3 is 9.88 Å². The number of nitrogens with zero attached hydrogens (tertiary/aromatic N) is 2. The molecule has 0 aliphatic heterocycles. The van der Waals surface area contributed by atoms with Crippen molar-refractivity contribution in [3.05, 3.63) is 65.4 Å². The molecule has 30 heavy (non-hydrogen) atoms. The Balaban J connectivity index is 1.85. The highest BCUT2D eigenvalue weighted by molar-refractivity contribution is 7.90. The Hall–Kier alpha value is -2.84. The number of aromatic nitrogens is 2. The average molecular weight is 447 g/mol. The van der Waals surface area contributed by atoms with Crippen LogP contribution in [0.5, 0.6) is 0 Å². The minimum Gasteiger partial charge on any atom is -0.384 e. The second-order valence-corrected chi connectivity index (χ2v) is 8.81. The van der Waals surface area contributed by atoms with Crippen LogP contribution in [0.15, 0.2) is 59.6 Å². The zero-order chi connectivity index (χ0) is 21.7. The number of aryl methyl sites for hydroxylation is 1. The van der Waals surface area contributed by atoms with Crippen LogP contribution in [0.25, 0.3) is 11.4 Å². The Morgan fingerprint density at radius 1 is 1.13 bits per heavy atom. The number of carbonyl (C=O) groups is 1. The quantitative estimate of drug-likeness (QED) is 0.509. The van der Waals surface area contributed by atoms with E-state index in [1.54, 1.807) is 48.0 Å². The standard InChI is InChI=1S/C21H23ClN4O3S/c1-3-4-13-23-17-11-7-8-12-19(17)30(28,29)25-21(27)18-14-26(2)20(24-18)15-9-5-6-10-16(15)22/h5-12,14,23H,3-4,13H2,1-2H3,(H,25,27). The topological polar surface area (TPSA) is 93.1 Å². The molecule has 2 N–H and O–H groups in total. The maximum atomic E-state index is 12.9. The van der Waals surface area contributed by atoms with Crippen LogP contribution in [0, 0.1) is 0 Å². The van der Waals surface area contributed by atoms with E-state index in [2.05, 4.69) is 15.0 Å². The first-order valence-corrected chi connectivity index (χ1v) is 11.4. The number of para-hydroxylation sites is 1. The van der Waals surface area contributed by atoms with Gasteiger partial charge in [0, 0.05) is 25.4 Å². The fraction of sp³-hybridized carbons (Fsp3) is 0.238. The summed E-state index contributed by atoms with van der Waals surface area (Å²) < 4.78 is 29.5. The van der Waals surface area contributed by atoms with Gasteiger partial charge in [-0.25, -0.2) is 18.1 Å². The molecule has 0 unspecified atom stereocenters. The zero-order valence-corrected chi connectivity index (χ0v) is 18.3. The third-order valence-electron chi connectivity index (χ3n) is 4.47. The number of nitrogens with one attached hydrogen (secondary N) is 2. The first kappa shape index (κ1) is 21.9. The highest BCUT2D eigenvalue weighted by Gasteiger charge is 2.24. The lowest BCUT2D eigenvalue weighted by atomic mass is 10.2. The Morgan fingerprint density at radius 3 is 2.57 bits per heavy atom. The zero-order valence-electron chi connectivity index (χ0n) is 16.7. The predicted octanol–water partition coefficient (Wildman–Crippen LogP) is 4.07. The molecule has 7 nitrogen and oxygen atoms in total. The molecule has 0 aliphatic rings. The van der Waals surface area contributed by atoms with Gasteiger partial charge in [-0.3, -0.25) is 4.79 Å². The van der Waals surface area contributed by atoms with Crippen molar-refractivity contribution in [2.75, 3.05) is 11.9 Å². The number of imidazole rings is 1. The summed E-state index contributed by atoms with van der Waals surface area (Å²) >= 11 is 6.22. The van der Waals surface area contributed by atoms with Crippen LogP contribution in [-0.4, -0.2) is 30.4 Å². The van der Waals surface area contributed by atoms with Gasteiger partial charge in [0.15, 0.2) is 0 Å². The number of rotatable bonds is 8. The van der Waals surface area contributed by atoms with Crippen molar-refractivity contribution in [3.8, 4) is 11.4 Å². The van der Waals surface area contributed by atoms with Crippen molar-refractivity contribution in [1.29, 1.82) is 0 Å². The fourth-order valence-corrected chi connectivity index (χ4v) is 4.31. The molecule has 1 heterocycles. The second kappa shape index (κ2) is 9.32. The normalized spacial score (nSPS) is 11.3. The van der Waals surface area contributed by atoms with Gasteiger partial charge in [0.1, 0.15) is 16.4 Å². The summed E-state index contributed by atoms with van der Waals surface area (Å²) in [4.78, 5) is 17.0. The van der Waals surface area contributed by atoms with E-state index in [0.717, 1.165) is 12.8 Å². The highest BCUT2D eigenvalue weighted by atomic mass is 35.5. The number of unbranched alkanes of at least 4 members (excludes halogenated alkanes) is 1. The van der Waals surface area contributed by atoms with Gasteiger partial charge in [0.2, 0.25) is 0 Å². The number of halogens is 1. The number of benzene rings is 2. The third kappa shape index (κ3) is 4.83. The summed E-state index contributed by atoms with van der Waals surface area (Å²) in [5.74, 6) is -0.350. The molecule has 1 aromatic heterocycles. The van der Waals surface area contributed by atoms with Crippen LogP contribution in [-0.2, 0) is 17.1 Å². The first-order valence-electron chi connectivity index (χ1n) is 9.51. The first-order chi connectivity index (χ1) is 14.3. The lowest BCUT2D eigenvalue weighted by Crippen LogP contribution is -2.31. The Labute approximate surface area is 181 Å². The van der Waals surface area contributed by atoms with Crippen LogP contribution in [0.1, 0.15) is 30.3 Å². The van der Waals surface area contributed by atoms with Gasteiger partial charge >= 0.3 is 0 Å². The number of hydrogen-bond donors (Lipinski definition) is 2. The minimum atomic E-state index is -4.09. The smallest absolute Gasteiger partial charge is 0.285 e. The number of anilines is 1. The Bertz CT molecular complexity index is 1160. The molecule has 158 valence electrons. The van der Waals surface area contributed by atoms with Crippen LogP contribution >= 0.6 is 11.6 Å². The van der Waals surface area contributed by atoms with E-state index in [0.29, 0.717) is 28.6 Å². The maximum Gasteiger partial charge on any atom is 0.285 e. The van der Waals surface area contributed by atoms with Gasteiger partial charge in [0.25, 0.3) is 15.9 Å². The van der Waals surface area contributed by atoms with Crippen molar-refractivity contribution in [2.45, 2.75) is 24.7 Å². The molecule has 3 rings (SSSR count). The molecule has 0 bridgehead atoms. The lowest BCUT2D eigenvalue weighted by Gasteiger charge is -2.12. The molecule has 0 radical (unpaired) electrons. The lowest BCUT2D eigenvalue weighted by molar-refractivity contribution is 0.0977. The fourth-order valence-electron chi connectivity index (χ4n) is 2.94. The SMILES string of the molecule is CCCCNc1ccccc1S(=O)(=O)NC(=O)c1cn(C)c(-c2ccccc2Cl)n1. The summed E-state index contributed by atoms with van der Waals surface area (Å²) in [6.45, 7) is 2.69. The minimum absolute atomic E-state index is 0.0108. The van der Waals surface area contributed by atoms with Crippen LogP contribution < -0.4 is 10.0 Å². The number of hydrogen-bond acceptors (Lipinski definition) is 5. The third-order valence-corrected chi connectivity index (χ3v) is 6.19. The molecular formula is C21H23ClN4O3S. The van der Waals surface area contributed by atoms with E-state index in [1.807, 2.05) is 13.0 Å². The van der Waals surface area contributed by atoms with Crippen LogP contribution in [0.2, 0.25) is 5.02 Å². The molecule has 0 fully saturated rings. The Morgan fingerprint density at radius 2 is 1.83 bits per heavy atom. The van der Waals surface area contributed by atoms with Crippen molar-refractivity contribution in [2.24, 2.45) is 7.05 Å². The molecule has 9 heteroatoms. The summed E-state index contributed by atoms with van der Waals surface area (Å²) in [5.41, 5.74) is 1.07. The molecule has 0 saturated heterocycles. The van der Waals surface area contributed by atoms with E-state index >= 15 is 0 Å². The van der Waals surface area contributed by atoms with Crippen LogP contribution in [0.4, 0.5) is 5.69 Å². The van der Waals surface area contributed by atoms with E-state index < -0.39 is 15.9 Å². The molecule has 0 atom stereocenters. The number of carbonyl (C=O) groups excluding carboxylic acids is 1. The molecule has 0 spiro atoms. The molecule has 1 amide bonds. The summed E-state index contributed by atoms with van der Waals surface area (Å²) in [6, 6.07) is 13.6. The van der Waals surface area contributed by atoms with E-state index in [9.17, 15) is 13.2 Å². The average Bonchev–Trinajstić information content (AvgIpc) is 3.10. The van der Waals surface area contributed by atoms with Crippen molar-refractivity contribution < 1.29 is 13.2 Å². The van der Waals surface area contributed by atoms with E-state index in [-0.39, 0.29) is 10.6 Å². The summed E-state index contributed by atoms with van der Waals surface area (Å²) in [6.07, 6.45) is 3.35. The number of sulfonamides is 1. The van der Waals surface area contributed by atoms with Crippen molar-refractivity contribution in [1.82, 2.24) is 14.3 Å².